The van der Waals surface area contributed by atoms with Crippen LogP contribution in [0.4, 0.5) is 5.69 Å². The standard InChI is InChI=1S/C19H24N2O4/c1-3-24-16-5-4-8-21(12-16)11-14-9-19(23)25-18-10-15(20-13(2)22)6-7-17(14)18/h6-7,9-10,16H,3-5,8,11-12H2,1-2H3,(H,20,22). The van der Waals surface area contributed by atoms with E-state index >= 15 is 0 Å². The maximum absolute atomic E-state index is 11.9. The van der Waals surface area contributed by atoms with E-state index in [-0.39, 0.29) is 17.6 Å². The van der Waals surface area contributed by atoms with Crippen LogP contribution in [0.1, 0.15) is 32.3 Å². The van der Waals surface area contributed by atoms with Gasteiger partial charge in [0.15, 0.2) is 0 Å². The average molecular weight is 344 g/mol. The summed E-state index contributed by atoms with van der Waals surface area (Å²) in [5.74, 6) is -0.159. The normalized spacial score (nSPS) is 18.4. The van der Waals surface area contributed by atoms with E-state index in [4.69, 9.17) is 9.15 Å². The second-order valence-corrected chi connectivity index (χ2v) is 6.44. The van der Waals surface area contributed by atoms with E-state index < -0.39 is 0 Å². The molecule has 1 amide bonds. The number of anilines is 1. The lowest BCUT2D eigenvalue weighted by Crippen LogP contribution is -2.39. The van der Waals surface area contributed by atoms with Gasteiger partial charge in [-0.3, -0.25) is 9.69 Å². The number of benzene rings is 1. The van der Waals surface area contributed by atoms with Crippen LogP contribution in [0.15, 0.2) is 33.5 Å². The van der Waals surface area contributed by atoms with E-state index in [0.717, 1.165) is 43.5 Å². The Hall–Kier alpha value is -2.18. The van der Waals surface area contributed by atoms with Crippen molar-refractivity contribution in [1.29, 1.82) is 0 Å². The molecule has 0 saturated carbocycles. The molecule has 0 aliphatic carbocycles. The number of piperidine rings is 1. The molecular formula is C19H24N2O4. The van der Waals surface area contributed by atoms with Crippen LogP contribution in [-0.4, -0.2) is 36.6 Å². The van der Waals surface area contributed by atoms with Crippen LogP contribution in [0.3, 0.4) is 0 Å². The van der Waals surface area contributed by atoms with Crippen LogP contribution in [0, 0.1) is 0 Å². The molecule has 1 aromatic carbocycles. The van der Waals surface area contributed by atoms with E-state index in [1.807, 2.05) is 19.1 Å². The molecule has 1 saturated heterocycles. The van der Waals surface area contributed by atoms with E-state index in [0.29, 0.717) is 17.8 Å². The summed E-state index contributed by atoms with van der Waals surface area (Å²) in [6, 6.07) is 6.97. The number of amides is 1. The summed E-state index contributed by atoms with van der Waals surface area (Å²) in [5.41, 5.74) is 1.68. The highest BCUT2D eigenvalue weighted by molar-refractivity contribution is 5.92. The zero-order valence-electron chi connectivity index (χ0n) is 14.7. The Balaban J connectivity index is 1.85. The summed E-state index contributed by atoms with van der Waals surface area (Å²) in [5, 5.41) is 3.60. The van der Waals surface area contributed by atoms with E-state index in [9.17, 15) is 9.59 Å². The number of carbonyl (C=O) groups excluding carboxylic acids is 1. The Morgan fingerprint density at radius 3 is 3.00 bits per heavy atom. The zero-order chi connectivity index (χ0) is 17.8. The van der Waals surface area contributed by atoms with Crippen LogP contribution in [0.2, 0.25) is 0 Å². The number of carbonyl (C=O) groups is 1. The molecular weight excluding hydrogens is 320 g/mol. The third-order valence-corrected chi connectivity index (χ3v) is 4.41. The largest absolute Gasteiger partial charge is 0.423 e. The molecule has 0 spiro atoms. The van der Waals surface area contributed by atoms with Crippen LogP contribution in [0.5, 0.6) is 0 Å². The van der Waals surface area contributed by atoms with Crippen molar-refractivity contribution in [1.82, 2.24) is 4.90 Å². The summed E-state index contributed by atoms with van der Waals surface area (Å²) in [6.07, 6.45) is 2.44. The lowest BCUT2D eigenvalue weighted by molar-refractivity contribution is -0.114. The minimum absolute atomic E-state index is 0.159. The summed E-state index contributed by atoms with van der Waals surface area (Å²) in [6.45, 7) is 6.74. The Morgan fingerprint density at radius 1 is 1.40 bits per heavy atom. The van der Waals surface area contributed by atoms with Crippen molar-refractivity contribution in [2.45, 2.75) is 39.3 Å². The molecule has 1 atom stereocenters. The maximum atomic E-state index is 11.9. The maximum Gasteiger partial charge on any atom is 0.336 e. The first-order valence-corrected chi connectivity index (χ1v) is 8.73. The molecule has 6 nitrogen and oxygen atoms in total. The molecule has 134 valence electrons. The molecule has 0 bridgehead atoms. The fourth-order valence-electron chi connectivity index (χ4n) is 3.41. The molecule has 3 rings (SSSR count). The molecule has 2 aromatic rings. The zero-order valence-corrected chi connectivity index (χ0v) is 14.7. The van der Waals surface area contributed by atoms with Crippen molar-refractivity contribution >= 4 is 22.6 Å². The van der Waals surface area contributed by atoms with Gasteiger partial charge in [0.2, 0.25) is 5.91 Å². The molecule has 6 heteroatoms. The first-order valence-electron chi connectivity index (χ1n) is 8.73. The molecule has 25 heavy (non-hydrogen) atoms. The van der Waals surface area contributed by atoms with Crippen molar-refractivity contribution in [2.75, 3.05) is 25.0 Å². The van der Waals surface area contributed by atoms with Crippen molar-refractivity contribution in [3.05, 3.63) is 40.2 Å². The minimum atomic E-state index is -0.374. The molecule has 0 radical (unpaired) electrons. The Bertz CT molecular complexity index is 813. The highest BCUT2D eigenvalue weighted by atomic mass is 16.5. The van der Waals surface area contributed by atoms with Gasteiger partial charge in [-0.2, -0.15) is 0 Å². The van der Waals surface area contributed by atoms with Crippen LogP contribution in [0.25, 0.3) is 11.0 Å². The number of hydrogen-bond acceptors (Lipinski definition) is 5. The van der Waals surface area contributed by atoms with Crippen molar-refractivity contribution in [3.8, 4) is 0 Å². The van der Waals surface area contributed by atoms with E-state index in [2.05, 4.69) is 10.2 Å². The minimum Gasteiger partial charge on any atom is -0.423 e. The van der Waals surface area contributed by atoms with Crippen molar-refractivity contribution in [3.63, 3.8) is 0 Å². The molecule has 1 aromatic heterocycles. The van der Waals surface area contributed by atoms with Gasteiger partial charge in [-0.1, -0.05) is 0 Å². The Kier molecular flexibility index (Phi) is 5.50. The predicted molar refractivity (Wildman–Crippen MR) is 96.7 cm³/mol. The lowest BCUT2D eigenvalue weighted by Gasteiger charge is -2.32. The molecule has 1 aliphatic rings. The number of nitrogens with one attached hydrogen (secondary N) is 1. The number of hydrogen-bond donors (Lipinski definition) is 1. The van der Waals surface area contributed by atoms with E-state index in [1.165, 1.54) is 6.92 Å². The smallest absolute Gasteiger partial charge is 0.336 e. The summed E-state index contributed by atoms with van der Waals surface area (Å²) in [4.78, 5) is 25.5. The van der Waals surface area contributed by atoms with Gasteiger partial charge in [0.1, 0.15) is 5.58 Å². The number of nitrogens with zero attached hydrogens (tertiary/aromatic N) is 1. The summed E-state index contributed by atoms with van der Waals surface area (Å²) < 4.78 is 11.1. The highest BCUT2D eigenvalue weighted by Crippen LogP contribution is 2.24. The first kappa shape index (κ1) is 17.6. The average Bonchev–Trinajstić information content (AvgIpc) is 2.54. The van der Waals surface area contributed by atoms with Crippen LogP contribution < -0.4 is 10.9 Å². The number of likely N-dealkylation sites (tertiary alicyclic amines) is 1. The topological polar surface area (TPSA) is 71.8 Å². The fraction of sp³-hybridized carbons (Fsp3) is 0.474. The van der Waals surface area contributed by atoms with E-state index in [1.54, 1.807) is 12.1 Å². The molecule has 1 N–H and O–H groups in total. The quantitative estimate of drug-likeness (QED) is 0.845. The van der Waals surface area contributed by atoms with Crippen LogP contribution >= 0.6 is 0 Å². The van der Waals surface area contributed by atoms with Crippen LogP contribution in [-0.2, 0) is 16.1 Å². The van der Waals surface area contributed by atoms with Gasteiger partial charge in [-0.25, -0.2) is 4.79 Å². The van der Waals surface area contributed by atoms with Gasteiger partial charge in [-0.15, -0.1) is 0 Å². The summed E-state index contributed by atoms with van der Waals surface area (Å²) >= 11 is 0. The van der Waals surface area contributed by atoms with Crippen molar-refractivity contribution in [2.24, 2.45) is 0 Å². The van der Waals surface area contributed by atoms with Gasteiger partial charge in [-0.05, 0) is 44.0 Å². The fourth-order valence-corrected chi connectivity index (χ4v) is 3.41. The summed E-state index contributed by atoms with van der Waals surface area (Å²) in [7, 11) is 0. The predicted octanol–water partition coefficient (Wildman–Crippen LogP) is 2.75. The highest BCUT2D eigenvalue weighted by Gasteiger charge is 2.21. The third kappa shape index (κ3) is 4.46. The monoisotopic (exact) mass is 344 g/mol. The molecule has 2 heterocycles. The van der Waals surface area contributed by atoms with Gasteiger partial charge >= 0.3 is 5.63 Å². The van der Waals surface area contributed by atoms with Gasteiger partial charge in [0.25, 0.3) is 0 Å². The van der Waals surface area contributed by atoms with Crippen molar-refractivity contribution < 1.29 is 13.9 Å². The SMILES string of the molecule is CCOC1CCCN(Cc2cc(=O)oc3cc(NC(C)=O)ccc23)C1. The number of fused-ring (bicyclic) bond motifs is 1. The number of rotatable bonds is 5. The second-order valence-electron chi connectivity index (χ2n) is 6.44. The Morgan fingerprint density at radius 2 is 2.24 bits per heavy atom. The lowest BCUT2D eigenvalue weighted by atomic mass is 10.1. The third-order valence-electron chi connectivity index (χ3n) is 4.41. The second kappa shape index (κ2) is 7.80. The number of ether oxygens (including phenoxy) is 1. The molecule has 1 fully saturated rings. The van der Waals surface area contributed by atoms with Gasteiger partial charge < -0.3 is 14.5 Å². The first-order chi connectivity index (χ1) is 12.0. The molecule has 1 aliphatic heterocycles. The Labute approximate surface area is 146 Å². The molecule has 1 unspecified atom stereocenters. The van der Waals surface area contributed by atoms with Gasteiger partial charge in [0, 0.05) is 49.8 Å². The van der Waals surface area contributed by atoms with Gasteiger partial charge in [0.05, 0.1) is 6.10 Å².